The van der Waals surface area contributed by atoms with E-state index in [-0.39, 0.29) is 0 Å². The SMILES string of the molecule is CCCNc1ncccc1CSc1nnnn1C1CC1. The third-order valence-electron chi connectivity index (χ3n) is 3.15. The fourth-order valence-electron chi connectivity index (χ4n) is 1.93. The molecule has 20 heavy (non-hydrogen) atoms. The summed E-state index contributed by atoms with van der Waals surface area (Å²) in [5, 5.41) is 16.2. The summed E-state index contributed by atoms with van der Waals surface area (Å²) >= 11 is 1.67. The lowest BCUT2D eigenvalue weighted by atomic mass is 10.3. The van der Waals surface area contributed by atoms with Crippen LogP contribution in [0.1, 0.15) is 37.8 Å². The molecule has 1 saturated carbocycles. The van der Waals surface area contributed by atoms with Gasteiger partial charge in [-0.3, -0.25) is 0 Å². The lowest BCUT2D eigenvalue weighted by Crippen LogP contribution is -2.05. The van der Waals surface area contributed by atoms with Crippen molar-refractivity contribution < 1.29 is 0 Å². The number of anilines is 1. The molecular weight excluding hydrogens is 272 g/mol. The van der Waals surface area contributed by atoms with Gasteiger partial charge in [0.15, 0.2) is 0 Å². The second-order valence-corrected chi connectivity index (χ2v) is 5.81. The molecule has 2 aromatic heterocycles. The van der Waals surface area contributed by atoms with Crippen LogP contribution in [0.2, 0.25) is 0 Å². The number of nitrogens with zero attached hydrogens (tertiary/aromatic N) is 5. The van der Waals surface area contributed by atoms with Crippen molar-refractivity contribution in [3.05, 3.63) is 23.9 Å². The first kappa shape index (κ1) is 13.4. The van der Waals surface area contributed by atoms with Gasteiger partial charge in [0, 0.05) is 24.1 Å². The monoisotopic (exact) mass is 290 g/mol. The first-order valence-electron chi connectivity index (χ1n) is 6.97. The van der Waals surface area contributed by atoms with Crippen LogP contribution in [0, 0.1) is 0 Å². The first-order chi connectivity index (χ1) is 9.88. The molecule has 0 amide bonds. The van der Waals surface area contributed by atoms with Crippen molar-refractivity contribution in [3.63, 3.8) is 0 Å². The molecule has 7 heteroatoms. The van der Waals surface area contributed by atoms with E-state index in [1.54, 1.807) is 11.8 Å². The Kier molecular flexibility index (Phi) is 4.15. The van der Waals surface area contributed by atoms with Crippen LogP contribution in [0.5, 0.6) is 0 Å². The predicted molar refractivity (Wildman–Crippen MR) is 78.7 cm³/mol. The number of pyridine rings is 1. The highest BCUT2D eigenvalue weighted by Gasteiger charge is 2.27. The minimum absolute atomic E-state index is 0.513. The van der Waals surface area contributed by atoms with E-state index in [1.807, 2.05) is 16.9 Å². The number of nitrogens with one attached hydrogen (secondary N) is 1. The number of thioether (sulfide) groups is 1. The summed E-state index contributed by atoms with van der Waals surface area (Å²) in [4.78, 5) is 4.40. The highest BCUT2D eigenvalue weighted by Crippen LogP contribution is 2.37. The fraction of sp³-hybridized carbons (Fsp3) is 0.538. The average Bonchev–Trinajstić information content (AvgIpc) is 3.22. The quantitative estimate of drug-likeness (QED) is 0.790. The first-order valence-corrected chi connectivity index (χ1v) is 7.95. The summed E-state index contributed by atoms with van der Waals surface area (Å²) in [6, 6.07) is 4.58. The zero-order valence-corrected chi connectivity index (χ0v) is 12.3. The van der Waals surface area contributed by atoms with Crippen LogP contribution in [0.15, 0.2) is 23.5 Å². The van der Waals surface area contributed by atoms with Crippen molar-refractivity contribution in [3.8, 4) is 0 Å². The van der Waals surface area contributed by atoms with E-state index in [2.05, 4.69) is 38.8 Å². The molecule has 0 bridgehead atoms. The highest BCUT2D eigenvalue weighted by molar-refractivity contribution is 7.98. The van der Waals surface area contributed by atoms with Gasteiger partial charge in [-0.05, 0) is 35.8 Å². The molecule has 0 spiro atoms. The molecule has 0 saturated heterocycles. The fourth-order valence-corrected chi connectivity index (χ4v) is 2.86. The Morgan fingerprint density at radius 2 is 2.35 bits per heavy atom. The molecule has 6 nitrogen and oxygen atoms in total. The molecule has 1 aliphatic rings. The molecule has 106 valence electrons. The van der Waals surface area contributed by atoms with Crippen LogP contribution in [0.3, 0.4) is 0 Å². The lowest BCUT2D eigenvalue weighted by molar-refractivity contribution is 0.565. The molecule has 0 aliphatic heterocycles. The number of rotatable bonds is 7. The van der Waals surface area contributed by atoms with Gasteiger partial charge in [0.1, 0.15) is 5.82 Å². The maximum atomic E-state index is 4.40. The standard InChI is InChI=1S/C13H18N6S/c1-2-7-14-12-10(4-3-8-15-12)9-20-13-16-17-18-19(13)11-5-6-11/h3-4,8,11H,2,5-7,9H2,1H3,(H,14,15). The van der Waals surface area contributed by atoms with Crippen molar-refractivity contribution in [2.75, 3.05) is 11.9 Å². The summed E-state index contributed by atoms with van der Waals surface area (Å²) < 4.78 is 1.94. The molecule has 0 radical (unpaired) electrons. The Balaban J connectivity index is 1.66. The Hall–Kier alpha value is -1.63. The zero-order chi connectivity index (χ0) is 13.8. The number of tetrazole rings is 1. The molecule has 3 rings (SSSR count). The molecule has 1 aliphatic carbocycles. The van der Waals surface area contributed by atoms with Gasteiger partial charge in [-0.2, -0.15) is 0 Å². The summed E-state index contributed by atoms with van der Waals surface area (Å²) in [5.41, 5.74) is 1.19. The third-order valence-corrected chi connectivity index (χ3v) is 4.13. The molecule has 2 heterocycles. The van der Waals surface area contributed by atoms with Gasteiger partial charge >= 0.3 is 0 Å². The Morgan fingerprint density at radius 1 is 1.45 bits per heavy atom. The molecule has 1 fully saturated rings. The average molecular weight is 290 g/mol. The van der Waals surface area contributed by atoms with E-state index in [4.69, 9.17) is 0 Å². The Bertz CT molecular complexity index is 565. The van der Waals surface area contributed by atoms with Crippen LogP contribution in [0.25, 0.3) is 0 Å². The van der Waals surface area contributed by atoms with E-state index in [9.17, 15) is 0 Å². The van der Waals surface area contributed by atoms with E-state index in [0.29, 0.717) is 6.04 Å². The number of hydrogen-bond acceptors (Lipinski definition) is 6. The lowest BCUT2D eigenvalue weighted by Gasteiger charge is -2.09. The largest absolute Gasteiger partial charge is 0.370 e. The molecule has 1 N–H and O–H groups in total. The topological polar surface area (TPSA) is 68.5 Å². The maximum absolute atomic E-state index is 4.40. The van der Waals surface area contributed by atoms with E-state index in [0.717, 1.165) is 29.7 Å². The van der Waals surface area contributed by atoms with E-state index < -0.39 is 0 Å². The second-order valence-electron chi connectivity index (χ2n) is 4.86. The van der Waals surface area contributed by atoms with Gasteiger partial charge in [-0.15, -0.1) is 5.10 Å². The normalized spacial score (nSPS) is 14.4. The van der Waals surface area contributed by atoms with E-state index >= 15 is 0 Å². The van der Waals surface area contributed by atoms with Gasteiger partial charge in [-0.1, -0.05) is 24.8 Å². The predicted octanol–water partition coefficient (Wildman–Crippen LogP) is 2.52. The molecule has 2 aromatic rings. The van der Waals surface area contributed by atoms with Crippen molar-refractivity contribution in [2.45, 2.75) is 43.1 Å². The van der Waals surface area contributed by atoms with Crippen molar-refractivity contribution in [1.29, 1.82) is 0 Å². The second kappa shape index (κ2) is 6.21. The minimum atomic E-state index is 0.513. The summed E-state index contributed by atoms with van der Waals surface area (Å²) in [5.74, 6) is 1.79. The van der Waals surface area contributed by atoms with Gasteiger partial charge in [-0.25, -0.2) is 9.67 Å². The Labute approximate surface area is 122 Å². The smallest absolute Gasteiger partial charge is 0.209 e. The summed E-state index contributed by atoms with van der Waals surface area (Å²) in [6.07, 6.45) is 5.28. The van der Waals surface area contributed by atoms with Crippen molar-refractivity contribution in [2.24, 2.45) is 0 Å². The van der Waals surface area contributed by atoms with Crippen LogP contribution in [-0.2, 0) is 5.75 Å². The Morgan fingerprint density at radius 3 is 3.15 bits per heavy atom. The maximum Gasteiger partial charge on any atom is 0.209 e. The van der Waals surface area contributed by atoms with Gasteiger partial charge in [0.2, 0.25) is 5.16 Å². The zero-order valence-electron chi connectivity index (χ0n) is 11.5. The van der Waals surface area contributed by atoms with Gasteiger partial charge < -0.3 is 5.32 Å². The number of hydrogen-bond donors (Lipinski definition) is 1. The van der Waals surface area contributed by atoms with Gasteiger partial charge in [0.25, 0.3) is 0 Å². The summed E-state index contributed by atoms with van der Waals surface area (Å²) in [7, 11) is 0. The molecule has 0 unspecified atom stereocenters. The van der Waals surface area contributed by atoms with Crippen LogP contribution >= 0.6 is 11.8 Å². The van der Waals surface area contributed by atoms with Crippen LogP contribution in [0.4, 0.5) is 5.82 Å². The van der Waals surface area contributed by atoms with Gasteiger partial charge in [0.05, 0.1) is 6.04 Å². The highest BCUT2D eigenvalue weighted by atomic mass is 32.2. The van der Waals surface area contributed by atoms with Crippen molar-refractivity contribution in [1.82, 2.24) is 25.2 Å². The van der Waals surface area contributed by atoms with Crippen molar-refractivity contribution >= 4 is 17.6 Å². The third kappa shape index (κ3) is 3.09. The van der Waals surface area contributed by atoms with Crippen LogP contribution in [-0.4, -0.2) is 31.7 Å². The molecule has 0 aromatic carbocycles. The summed E-state index contributed by atoms with van der Waals surface area (Å²) in [6.45, 7) is 3.09. The minimum Gasteiger partial charge on any atom is -0.370 e. The van der Waals surface area contributed by atoms with E-state index in [1.165, 1.54) is 18.4 Å². The van der Waals surface area contributed by atoms with Crippen LogP contribution < -0.4 is 5.32 Å². The molecule has 0 atom stereocenters. The molecular formula is C13H18N6S. The number of aromatic nitrogens is 5.